The molecule has 1 N–H and O–H groups in total. The molecular weight excluding hydrogens is 258 g/mol. The third-order valence-corrected chi connectivity index (χ3v) is 4.02. The average Bonchev–Trinajstić information content (AvgIpc) is 2.91. The van der Waals surface area contributed by atoms with Gasteiger partial charge in [0.1, 0.15) is 5.75 Å². The largest absolute Gasteiger partial charge is 0.507 e. The Bertz CT molecular complexity index is 564. The van der Waals surface area contributed by atoms with Crippen LogP contribution in [0.4, 0.5) is 0 Å². The summed E-state index contributed by atoms with van der Waals surface area (Å²) in [5.41, 5.74) is 1.09. The first-order valence-corrected chi connectivity index (χ1v) is 7.04. The Morgan fingerprint density at radius 3 is 2.79 bits per heavy atom. The zero-order chi connectivity index (χ0) is 13.8. The number of carbonyl (C=O) groups excluding carboxylic acids is 1. The number of thiophene rings is 1. The van der Waals surface area contributed by atoms with Gasteiger partial charge in [-0.1, -0.05) is 18.2 Å². The fourth-order valence-electron chi connectivity index (χ4n) is 1.87. The monoisotopic (exact) mass is 275 g/mol. The first kappa shape index (κ1) is 13.6. The summed E-state index contributed by atoms with van der Waals surface area (Å²) in [6.07, 6.45) is 0.840. The van der Waals surface area contributed by atoms with Crippen molar-refractivity contribution in [1.29, 1.82) is 0 Å². The van der Waals surface area contributed by atoms with Crippen LogP contribution in [0.2, 0.25) is 0 Å². The molecule has 0 saturated heterocycles. The number of benzene rings is 1. The molecule has 0 radical (unpaired) electrons. The highest BCUT2D eigenvalue weighted by atomic mass is 32.1. The molecule has 3 nitrogen and oxygen atoms in total. The van der Waals surface area contributed by atoms with Gasteiger partial charge in [-0.2, -0.15) is 0 Å². The molecule has 0 saturated carbocycles. The Hall–Kier alpha value is -1.81. The quantitative estimate of drug-likeness (QED) is 0.931. The molecule has 0 spiro atoms. The van der Waals surface area contributed by atoms with Crippen molar-refractivity contribution in [3.8, 4) is 5.75 Å². The van der Waals surface area contributed by atoms with E-state index in [1.165, 1.54) is 4.88 Å². The van der Waals surface area contributed by atoms with E-state index in [2.05, 4.69) is 6.07 Å². The SMILES string of the molecule is Cc1cccc(C(=O)N(C)CCc2cccs2)c1O. The van der Waals surface area contributed by atoms with E-state index in [1.54, 1.807) is 48.4 Å². The molecule has 2 aromatic rings. The Morgan fingerprint density at radius 2 is 2.11 bits per heavy atom. The van der Waals surface area contributed by atoms with Crippen LogP contribution in [-0.2, 0) is 6.42 Å². The number of likely N-dealkylation sites (N-methyl/N-ethyl adjacent to an activating group) is 1. The Balaban J connectivity index is 2.04. The number of carbonyl (C=O) groups is 1. The van der Waals surface area contributed by atoms with Crippen LogP contribution in [0.5, 0.6) is 5.75 Å². The molecule has 2 rings (SSSR count). The summed E-state index contributed by atoms with van der Waals surface area (Å²) in [6.45, 7) is 2.44. The molecule has 0 aliphatic rings. The van der Waals surface area contributed by atoms with Gasteiger partial charge >= 0.3 is 0 Å². The zero-order valence-corrected chi connectivity index (χ0v) is 11.9. The van der Waals surface area contributed by atoms with Crippen molar-refractivity contribution in [3.05, 3.63) is 51.7 Å². The predicted molar refractivity (Wildman–Crippen MR) is 77.8 cm³/mol. The molecule has 0 fully saturated rings. The second kappa shape index (κ2) is 5.89. The molecule has 0 aliphatic heterocycles. The number of aryl methyl sites for hydroxylation is 1. The molecule has 0 aliphatic carbocycles. The summed E-state index contributed by atoms with van der Waals surface area (Å²) in [4.78, 5) is 15.2. The lowest BCUT2D eigenvalue weighted by Gasteiger charge is -2.18. The molecule has 0 unspecified atom stereocenters. The first-order chi connectivity index (χ1) is 9.09. The molecule has 1 aromatic carbocycles. The molecule has 19 heavy (non-hydrogen) atoms. The van der Waals surface area contributed by atoms with E-state index >= 15 is 0 Å². The molecule has 4 heteroatoms. The van der Waals surface area contributed by atoms with Crippen LogP contribution in [0.1, 0.15) is 20.8 Å². The molecule has 0 bridgehead atoms. The van der Waals surface area contributed by atoms with Gasteiger partial charge in [-0.3, -0.25) is 4.79 Å². The van der Waals surface area contributed by atoms with Gasteiger partial charge < -0.3 is 10.0 Å². The van der Waals surface area contributed by atoms with Gasteiger partial charge in [0.05, 0.1) is 5.56 Å². The van der Waals surface area contributed by atoms with E-state index in [0.29, 0.717) is 12.1 Å². The maximum absolute atomic E-state index is 12.2. The normalized spacial score (nSPS) is 10.4. The van der Waals surface area contributed by atoms with E-state index in [4.69, 9.17) is 0 Å². The number of rotatable bonds is 4. The van der Waals surface area contributed by atoms with Gasteiger partial charge in [-0.25, -0.2) is 0 Å². The molecule has 0 atom stereocenters. The summed E-state index contributed by atoms with van der Waals surface area (Å²) < 4.78 is 0. The fourth-order valence-corrected chi connectivity index (χ4v) is 2.57. The van der Waals surface area contributed by atoms with Gasteiger partial charge in [0.2, 0.25) is 0 Å². The highest BCUT2D eigenvalue weighted by Crippen LogP contribution is 2.22. The van der Waals surface area contributed by atoms with E-state index in [0.717, 1.165) is 12.0 Å². The number of phenols is 1. The Kier molecular flexibility index (Phi) is 4.22. The van der Waals surface area contributed by atoms with E-state index in [9.17, 15) is 9.90 Å². The third kappa shape index (κ3) is 3.15. The summed E-state index contributed by atoms with van der Waals surface area (Å²) >= 11 is 1.69. The average molecular weight is 275 g/mol. The van der Waals surface area contributed by atoms with Crippen LogP contribution >= 0.6 is 11.3 Å². The van der Waals surface area contributed by atoms with Gasteiger partial charge in [-0.15, -0.1) is 11.3 Å². The number of amides is 1. The lowest BCUT2D eigenvalue weighted by atomic mass is 10.1. The van der Waals surface area contributed by atoms with E-state index in [1.807, 2.05) is 11.4 Å². The minimum absolute atomic E-state index is 0.0791. The molecule has 1 aromatic heterocycles. The van der Waals surface area contributed by atoms with Gasteiger partial charge in [0, 0.05) is 18.5 Å². The van der Waals surface area contributed by atoms with Gasteiger partial charge in [-0.05, 0) is 36.4 Å². The zero-order valence-electron chi connectivity index (χ0n) is 11.1. The minimum atomic E-state index is -0.141. The highest BCUT2D eigenvalue weighted by Gasteiger charge is 2.16. The second-order valence-electron chi connectivity index (χ2n) is 4.53. The predicted octanol–water partition coefficient (Wildman–Crippen LogP) is 3.08. The van der Waals surface area contributed by atoms with Crippen molar-refractivity contribution in [3.63, 3.8) is 0 Å². The highest BCUT2D eigenvalue weighted by molar-refractivity contribution is 7.09. The Morgan fingerprint density at radius 1 is 1.32 bits per heavy atom. The summed E-state index contributed by atoms with van der Waals surface area (Å²) in [6, 6.07) is 9.31. The fraction of sp³-hybridized carbons (Fsp3) is 0.267. The Labute approximate surface area is 117 Å². The van der Waals surface area contributed by atoms with Crippen LogP contribution in [0.3, 0.4) is 0 Å². The number of para-hydroxylation sites is 1. The molecule has 1 amide bonds. The third-order valence-electron chi connectivity index (χ3n) is 3.09. The van der Waals surface area contributed by atoms with E-state index in [-0.39, 0.29) is 11.7 Å². The minimum Gasteiger partial charge on any atom is -0.507 e. The summed E-state index contributed by atoms with van der Waals surface area (Å²) in [5, 5.41) is 12.0. The lowest BCUT2D eigenvalue weighted by Crippen LogP contribution is -2.28. The second-order valence-corrected chi connectivity index (χ2v) is 5.56. The maximum atomic E-state index is 12.2. The number of nitrogens with zero attached hydrogens (tertiary/aromatic N) is 1. The standard InChI is InChI=1S/C15H17NO2S/c1-11-5-3-7-13(14(11)17)15(18)16(2)9-8-12-6-4-10-19-12/h3-7,10,17H,8-9H2,1-2H3. The van der Waals surface area contributed by atoms with Crippen LogP contribution in [0.15, 0.2) is 35.7 Å². The topological polar surface area (TPSA) is 40.5 Å². The molecule has 100 valence electrons. The van der Waals surface area contributed by atoms with Gasteiger partial charge in [0.15, 0.2) is 0 Å². The van der Waals surface area contributed by atoms with Gasteiger partial charge in [0.25, 0.3) is 5.91 Å². The maximum Gasteiger partial charge on any atom is 0.257 e. The molecule has 1 heterocycles. The van der Waals surface area contributed by atoms with E-state index < -0.39 is 0 Å². The van der Waals surface area contributed by atoms with Crippen molar-refractivity contribution in [2.24, 2.45) is 0 Å². The van der Waals surface area contributed by atoms with Crippen molar-refractivity contribution in [2.75, 3.05) is 13.6 Å². The number of hydrogen-bond donors (Lipinski definition) is 1. The molecular formula is C15H17NO2S. The smallest absolute Gasteiger partial charge is 0.257 e. The summed E-state index contributed by atoms with van der Waals surface area (Å²) in [5.74, 6) is -0.0618. The van der Waals surface area contributed by atoms with Crippen molar-refractivity contribution in [1.82, 2.24) is 4.90 Å². The summed E-state index contributed by atoms with van der Waals surface area (Å²) in [7, 11) is 1.76. The van der Waals surface area contributed by atoms with Crippen LogP contribution in [-0.4, -0.2) is 29.5 Å². The van der Waals surface area contributed by atoms with Crippen molar-refractivity contribution < 1.29 is 9.90 Å². The van der Waals surface area contributed by atoms with Crippen LogP contribution in [0.25, 0.3) is 0 Å². The van der Waals surface area contributed by atoms with Crippen LogP contribution in [0, 0.1) is 6.92 Å². The number of phenolic OH excluding ortho intramolecular Hbond substituents is 1. The number of hydrogen-bond acceptors (Lipinski definition) is 3. The van der Waals surface area contributed by atoms with Crippen LogP contribution < -0.4 is 0 Å². The lowest BCUT2D eigenvalue weighted by molar-refractivity contribution is 0.0793. The number of aromatic hydroxyl groups is 1. The van der Waals surface area contributed by atoms with Crippen molar-refractivity contribution in [2.45, 2.75) is 13.3 Å². The first-order valence-electron chi connectivity index (χ1n) is 6.16. The van der Waals surface area contributed by atoms with Crippen molar-refractivity contribution >= 4 is 17.2 Å².